The maximum atomic E-state index is 15.1. The highest BCUT2D eigenvalue weighted by atomic mass is 35.5. The van der Waals surface area contributed by atoms with E-state index in [1.807, 2.05) is 0 Å². The lowest BCUT2D eigenvalue weighted by atomic mass is 9.87. The number of fused-ring (bicyclic) bond motifs is 1. The normalized spacial score (nSPS) is 26.7. The maximum absolute atomic E-state index is 15.1. The Morgan fingerprint density at radius 3 is 2.78 bits per heavy atom. The van der Waals surface area contributed by atoms with Crippen molar-refractivity contribution in [3.63, 3.8) is 0 Å². The van der Waals surface area contributed by atoms with Gasteiger partial charge in [-0.1, -0.05) is 11.6 Å². The van der Waals surface area contributed by atoms with Gasteiger partial charge in [0.25, 0.3) is 5.91 Å². The number of anilines is 1. The summed E-state index contributed by atoms with van der Waals surface area (Å²) >= 11 is 5.90. The lowest BCUT2D eigenvalue weighted by Gasteiger charge is -2.56. The van der Waals surface area contributed by atoms with Crippen molar-refractivity contribution < 1.29 is 23.0 Å². The van der Waals surface area contributed by atoms with Gasteiger partial charge in [-0.25, -0.2) is 9.37 Å². The number of nitrogens with two attached hydrogens (primary N) is 1. The number of carbonyl (C=O) groups is 1. The third-order valence-electron chi connectivity index (χ3n) is 6.16. The summed E-state index contributed by atoms with van der Waals surface area (Å²) in [6.07, 6.45) is 1.37. The van der Waals surface area contributed by atoms with E-state index >= 15 is 4.39 Å². The van der Waals surface area contributed by atoms with Gasteiger partial charge in [0.2, 0.25) is 0 Å². The number of amides is 1. The number of aromatic nitrogens is 1. The Hall–Kier alpha value is -2.24. The number of aliphatic imine (C=N–C) groups is 1. The van der Waals surface area contributed by atoms with Gasteiger partial charge in [0.1, 0.15) is 32.9 Å². The Labute approximate surface area is 191 Å². The summed E-state index contributed by atoms with van der Waals surface area (Å²) in [6, 6.07) is 5.63. The molecule has 11 heteroatoms. The minimum Gasteiger partial charge on any atom is -0.386 e. The fraction of sp³-hybridized carbons (Fsp3) is 0.381. The average Bonchev–Trinajstić information content (AvgIpc) is 3.14. The van der Waals surface area contributed by atoms with E-state index in [9.17, 15) is 13.9 Å². The van der Waals surface area contributed by atoms with Gasteiger partial charge in [0.05, 0.1) is 18.2 Å². The van der Waals surface area contributed by atoms with E-state index in [4.69, 9.17) is 22.1 Å². The first-order valence-corrected chi connectivity index (χ1v) is 11.8. The number of hydrogen-bond acceptors (Lipinski definition) is 7. The molecule has 4 rings (SSSR count). The molecule has 1 aromatic heterocycles. The molecule has 2 aromatic rings. The summed E-state index contributed by atoms with van der Waals surface area (Å²) < 4.78 is 41.6. The number of pyridine rings is 1. The predicted octanol–water partition coefficient (Wildman–Crippen LogP) is 3.93. The highest BCUT2D eigenvalue weighted by molar-refractivity contribution is 8.26. The van der Waals surface area contributed by atoms with Crippen molar-refractivity contribution in [2.24, 2.45) is 10.7 Å². The van der Waals surface area contributed by atoms with E-state index < -0.39 is 37.9 Å². The van der Waals surface area contributed by atoms with Gasteiger partial charge in [-0.15, -0.1) is 0 Å². The number of halogens is 2. The fourth-order valence-corrected chi connectivity index (χ4v) is 6.45. The predicted molar refractivity (Wildman–Crippen MR) is 123 cm³/mol. The number of carbonyl (C=O) groups excluding carboxylic acids is 1. The van der Waals surface area contributed by atoms with Crippen molar-refractivity contribution in [3.8, 4) is 0 Å². The molecule has 1 saturated heterocycles. The van der Waals surface area contributed by atoms with Crippen molar-refractivity contribution in [1.29, 1.82) is 0 Å². The van der Waals surface area contributed by atoms with Gasteiger partial charge in [0, 0.05) is 17.4 Å². The standard InChI is InChI=1S/C21H24ClFN4O4S/c1-11-6-12(22)8-25-17(11)18(28)26-13-4-5-15(23)14(7-13)21-10-31-9-16(21)32(29,30)20(2,3)19(24)27-21/h4-8,16,29-30H,9-10H2,1-3H3,(H2,24,27)(H,26,28)/t16-,21+/m0/s1. The monoisotopic (exact) mass is 482 g/mol. The van der Waals surface area contributed by atoms with Crippen LogP contribution in [0.3, 0.4) is 0 Å². The number of hydrogen-bond donors (Lipinski definition) is 4. The maximum Gasteiger partial charge on any atom is 0.274 e. The van der Waals surface area contributed by atoms with Crippen LogP contribution in [0.15, 0.2) is 35.5 Å². The van der Waals surface area contributed by atoms with Crippen molar-refractivity contribution in [1.82, 2.24) is 4.98 Å². The number of benzene rings is 1. The van der Waals surface area contributed by atoms with Gasteiger partial charge >= 0.3 is 0 Å². The molecule has 0 saturated carbocycles. The van der Waals surface area contributed by atoms with Crippen LogP contribution in [0, 0.1) is 12.7 Å². The van der Waals surface area contributed by atoms with Gasteiger partial charge in [0.15, 0.2) is 0 Å². The third-order valence-corrected chi connectivity index (χ3v) is 9.40. The van der Waals surface area contributed by atoms with Crippen LogP contribution in [0.25, 0.3) is 0 Å². The summed E-state index contributed by atoms with van der Waals surface area (Å²) in [5.41, 5.74) is 5.82. The summed E-state index contributed by atoms with van der Waals surface area (Å²) in [7, 11) is -3.36. The van der Waals surface area contributed by atoms with Crippen LogP contribution in [0.2, 0.25) is 5.02 Å². The smallest absolute Gasteiger partial charge is 0.274 e. The Balaban J connectivity index is 1.76. The molecule has 2 aliphatic rings. The quantitative estimate of drug-likeness (QED) is 0.524. The second kappa shape index (κ2) is 7.67. The summed E-state index contributed by atoms with van der Waals surface area (Å²) in [5, 5.41) is 2.22. The van der Waals surface area contributed by atoms with Crippen LogP contribution in [0.1, 0.15) is 35.5 Å². The minimum atomic E-state index is -3.36. The zero-order chi connectivity index (χ0) is 23.5. The molecule has 3 heterocycles. The summed E-state index contributed by atoms with van der Waals surface area (Å²) in [4.78, 5) is 21.3. The average molecular weight is 483 g/mol. The zero-order valence-electron chi connectivity index (χ0n) is 17.7. The van der Waals surface area contributed by atoms with E-state index in [2.05, 4.69) is 15.3 Å². The molecule has 0 spiro atoms. The first-order valence-electron chi connectivity index (χ1n) is 9.84. The van der Waals surface area contributed by atoms with E-state index in [1.165, 1.54) is 24.4 Å². The van der Waals surface area contributed by atoms with Crippen LogP contribution >= 0.6 is 22.2 Å². The summed E-state index contributed by atoms with van der Waals surface area (Å²) in [6.45, 7) is 4.81. The van der Waals surface area contributed by atoms with Crippen LogP contribution in [0.5, 0.6) is 0 Å². The molecule has 8 nitrogen and oxygen atoms in total. The highest BCUT2D eigenvalue weighted by Crippen LogP contribution is 2.66. The second-order valence-electron chi connectivity index (χ2n) is 8.50. The number of amidine groups is 1. The first kappa shape index (κ1) is 22.9. The lowest BCUT2D eigenvalue weighted by molar-refractivity contribution is 0.102. The van der Waals surface area contributed by atoms with Crippen molar-refractivity contribution >= 4 is 39.6 Å². The molecule has 0 unspecified atom stereocenters. The lowest BCUT2D eigenvalue weighted by Crippen LogP contribution is -2.57. The third kappa shape index (κ3) is 3.37. The Morgan fingerprint density at radius 1 is 1.38 bits per heavy atom. The first-order chi connectivity index (χ1) is 14.9. The fourth-order valence-electron chi connectivity index (χ4n) is 4.10. The van der Waals surface area contributed by atoms with Crippen LogP contribution in [-0.4, -0.2) is 49.0 Å². The zero-order valence-corrected chi connectivity index (χ0v) is 19.3. The molecule has 2 aliphatic heterocycles. The molecule has 0 radical (unpaired) electrons. The van der Waals surface area contributed by atoms with E-state index in [0.29, 0.717) is 10.6 Å². The number of aryl methyl sites for hydroxylation is 1. The number of nitrogens with zero attached hydrogens (tertiary/aromatic N) is 2. The molecule has 0 aliphatic carbocycles. The van der Waals surface area contributed by atoms with Gasteiger partial charge in [-0.3, -0.25) is 18.9 Å². The Bertz CT molecular complexity index is 1140. The van der Waals surface area contributed by atoms with E-state index in [0.717, 1.165) is 0 Å². The van der Waals surface area contributed by atoms with Gasteiger partial charge in [-0.05, 0) is 50.6 Å². The van der Waals surface area contributed by atoms with Gasteiger partial charge in [-0.2, -0.15) is 10.6 Å². The van der Waals surface area contributed by atoms with Crippen LogP contribution in [-0.2, 0) is 10.3 Å². The molecular weight excluding hydrogens is 459 g/mol. The van der Waals surface area contributed by atoms with Crippen molar-refractivity contribution in [2.75, 3.05) is 18.5 Å². The Morgan fingerprint density at radius 2 is 2.09 bits per heavy atom. The van der Waals surface area contributed by atoms with Crippen LogP contribution < -0.4 is 11.1 Å². The molecule has 1 amide bonds. The second-order valence-corrected chi connectivity index (χ2v) is 11.7. The molecule has 1 aromatic carbocycles. The van der Waals surface area contributed by atoms with E-state index in [-0.39, 0.29) is 36.0 Å². The Kier molecular flexibility index (Phi) is 5.50. The molecule has 0 bridgehead atoms. The molecular formula is C21H24ClFN4O4S. The van der Waals surface area contributed by atoms with Gasteiger partial charge < -0.3 is 15.8 Å². The topological polar surface area (TPSA) is 130 Å². The molecule has 2 atom stereocenters. The molecule has 5 N–H and O–H groups in total. The number of nitrogens with one attached hydrogen (secondary N) is 1. The highest BCUT2D eigenvalue weighted by Gasteiger charge is 2.61. The van der Waals surface area contributed by atoms with Crippen LogP contribution in [0.4, 0.5) is 10.1 Å². The van der Waals surface area contributed by atoms with Crippen molar-refractivity contribution in [3.05, 3.63) is 58.1 Å². The minimum absolute atomic E-state index is 0.00748. The number of ether oxygens (including phenoxy) is 1. The largest absolute Gasteiger partial charge is 0.386 e. The SMILES string of the molecule is Cc1cc(Cl)cnc1C(=O)Nc1ccc(F)c([C@]23COC[C@@H]2S(O)(O)C(C)(C)C(N)=N3)c1. The summed E-state index contributed by atoms with van der Waals surface area (Å²) in [5.74, 6) is -1.11. The molecule has 1 fully saturated rings. The molecule has 32 heavy (non-hydrogen) atoms. The van der Waals surface area contributed by atoms with Crippen molar-refractivity contribution in [2.45, 2.75) is 36.3 Å². The van der Waals surface area contributed by atoms with E-state index in [1.54, 1.807) is 26.8 Å². The number of rotatable bonds is 3. The molecule has 172 valence electrons.